The molecule has 2 aromatic carbocycles. The van der Waals surface area contributed by atoms with Gasteiger partial charge in [0, 0.05) is 37.7 Å². The van der Waals surface area contributed by atoms with Crippen LogP contribution >= 0.6 is 11.6 Å². The van der Waals surface area contributed by atoms with Gasteiger partial charge >= 0.3 is 0 Å². The molecule has 0 spiro atoms. The lowest BCUT2D eigenvalue weighted by molar-refractivity contribution is -0.146. The number of likely N-dealkylation sites (N-methyl/N-ethyl adjacent to an activating group) is 1. The van der Waals surface area contributed by atoms with Crippen molar-refractivity contribution < 1.29 is 22.7 Å². The Morgan fingerprint density at radius 2 is 1.82 bits per heavy atom. The van der Waals surface area contributed by atoms with Crippen molar-refractivity contribution in [1.29, 1.82) is 0 Å². The van der Waals surface area contributed by atoms with E-state index < -0.39 is 16.1 Å². The maximum Gasteiger partial charge on any atom is 0.269 e. The Balaban J connectivity index is 1.77. The van der Waals surface area contributed by atoms with E-state index in [0.29, 0.717) is 5.02 Å². The van der Waals surface area contributed by atoms with Crippen molar-refractivity contribution >= 4 is 33.4 Å². The summed E-state index contributed by atoms with van der Waals surface area (Å²) in [6.45, 7) is 1.76. The molecule has 2 amide bonds. The minimum absolute atomic E-state index is 0.00834. The third-order valence-electron chi connectivity index (χ3n) is 5.78. The molecule has 0 aromatic heterocycles. The molecule has 0 radical (unpaired) electrons. The van der Waals surface area contributed by atoms with Crippen molar-refractivity contribution in [3.05, 3.63) is 70.6 Å². The smallest absolute Gasteiger partial charge is 0.269 e. The predicted molar refractivity (Wildman–Crippen MR) is 123 cm³/mol. The van der Waals surface area contributed by atoms with Crippen LogP contribution in [0.2, 0.25) is 5.02 Å². The first-order valence-electron chi connectivity index (χ1n) is 10.4. The molecule has 0 saturated carbocycles. The van der Waals surface area contributed by atoms with Crippen LogP contribution in [-0.4, -0.2) is 61.1 Å². The molecule has 1 fully saturated rings. The standard InChI is InChI=1S/C23H24ClN3O5S/c1-15-4-9-19(32-3)20(12-15)33(30,31)26-11-10-22(28)27-18(23(29)25(2)14-21(26)27)13-16-5-7-17(24)8-6-16/h4-9,12,14,18H,10-11,13H2,1-3H3. The molecule has 2 aliphatic heterocycles. The Morgan fingerprint density at radius 1 is 1.12 bits per heavy atom. The molecule has 8 nitrogen and oxygen atoms in total. The van der Waals surface area contributed by atoms with Crippen LogP contribution < -0.4 is 4.74 Å². The van der Waals surface area contributed by atoms with E-state index in [4.69, 9.17) is 16.3 Å². The third kappa shape index (κ3) is 4.18. The Kier molecular flexibility index (Phi) is 6.11. The van der Waals surface area contributed by atoms with Crippen molar-refractivity contribution in [2.45, 2.75) is 30.7 Å². The number of nitrogens with zero attached hydrogens (tertiary/aromatic N) is 3. The Labute approximate surface area is 198 Å². The van der Waals surface area contributed by atoms with Crippen molar-refractivity contribution in [1.82, 2.24) is 14.1 Å². The van der Waals surface area contributed by atoms with E-state index in [9.17, 15) is 18.0 Å². The normalized spacial score (nSPS) is 18.8. The van der Waals surface area contributed by atoms with Crippen LogP contribution in [-0.2, 0) is 26.0 Å². The molecule has 2 aromatic rings. The first-order valence-corrected chi connectivity index (χ1v) is 12.2. The first-order chi connectivity index (χ1) is 15.6. The minimum atomic E-state index is -4.07. The van der Waals surface area contributed by atoms with Crippen LogP contribution in [0.3, 0.4) is 0 Å². The monoisotopic (exact) mass is 489 g/mol. The molecule has 2 aliphatic rings. The zero-order chi connectivity index (χ0) is 23.9. The van der Waals surface area contributed by atoms with Gasteiger partial charge in [0.2, 0.25) is 11.8 Å². The third-order valence-corrected chi connectivity index (χ3v) is 7.86. The number of benzene rings is 2. The number of fused-ring (bicyclic) bond motifs is 1. The number of carbonyl (C=O) groups is 2. The highest BCUT2D eigenvalue weighted by atomic mass is 35.5. The van der Waals surface area contributed by atoms with Crippen molar-refractivity contribution in [2.75, 3.05) is 20.7 Å². The SMILES string of the molecule is COc1ccc(C)cc1S(=O)(=O)N1CCC(=O)N2C1=CN(C)C(=O)C2Cc1ccc(Cl)cc1. The zero-order valence-corrected chi connectivity index (χ0v) is 20.1. The second-order valence-corrected chi connectivity index (χ2v) is 10.3. The van der Waals surface area contributed by atoms with Gasteiger partial charge in [0.1, 0.15) is 22.5 Å². The number of ether oxygens (including phenoxy) is 1. The number of carbonyl (C=O) groups excluding carboxylic acids is 2. The summed E-state index contributed by atoms with van der Waals surface area (Å²) in [7, 11) is -1.11. The molecule has 1 saturated heterocycles. The summed E-state index contributed by atoms with van der Waals surface area (Å²) in [4.78, 5) is 28.7. The number of hydrogen-bond acceptors (Lipinski definition) is 5. The van der Waals surface area contributed by atoms with E-state index in [1.165, 1.54) is 27.4 Å². The summed E-state index contributed by atoms with van der Waals surface area (Å²) in [6, 6.07) is 11.0. The van der Waals surface area contributed by atoms with Crippen LogP contribution in [0.5, 0.6) is 5.75 Å². The van der Waals surface area contributed by atoms with Crippen molar-refractivity contribution in [3.8, 4) is 5.75 Å². The fraction of sp³-hybridized carbons (Fsp3) is 0.304. The highest BCUT2D eigenvalue weighted by Crippen LogP contribution is 2.36. The summed E-state index contributed by atoms with van der Waals surface area (Å²) in [5, 5.41) is 0.560. The van der Waals surface area contributed by atoms with Gasteiger partial charge in [-0.1, -0.05) is 29.8 Å². The molecule has 0 bridgehead atoms. The second kappa shape index (κ2) is 8.72. The number of halogens is 1. The average molecular weight is 490 g/mol. The van der Waals surface area contributed by atoms with Crippen LogP contribution in [0.1, 0.15) is 17.5 Å². The largest absolute Gasteiger partial charge is 0.495 e. The minimum Gasteiger partial charge on any atom is -0.495 e. The number of rotatable bonds is 5. The topological polar surface area (TPSA) is 87.2 Å². The van der Waals surface area contributed by atoms with Crippen LogP contribution in [0, 0.1) is 6.92 Å². The summed E-state index contributed by atoms with van der Waals surface area (Å²) in [5.41, 5.74) is 1.56. The number of hydrogen-bond donors (Lipinski definition) is 0. The van der Waals surface area contributed by atoms with Gasteiger partial charge in [0.15, 0.2) is 0 Å². The second-order valence-electron chi connectivity index (χ2n) is 8.03. The van der Waals surface area contributed by atoms with Crippen molar-refractivity contribution in [3.63, 3.8) is 0 Å². The molecular formula is C23H24ClN3O5S. The Hall–Kier alpha value is -3.04. The number of amides is 2. The lowest BCUT2D eigenvalue weighted by atomic mass is 10.0. The van der Waals surface area contributed by atoms with Gasteiger partial charge in [-0.15, -0.1) is 0 Å². The van der Waals surface area contributed by atoms with Gasteiger partial charge in [-0.25, -0.2) is 12.7 Å². The fourth-order valence-corrected chi connectivity index (χ4v) is 5.91. The molecule has 2 heterocycles. The fourth-order valence-electron chi connectivity index (χ4n) is 4.09. The maximum atomic E-state index is 13.7. The van der Waals surface area contributed by atoms with Gasteiger partial charge in [0.05, 0.1) is 7.11 Å². The molecule has 0 N–H and O–H groups in total. The van der Waals surface area contributed by atoms with Gasteiger partial charge < -0.3 is 9.64 Å². The zero-order valence-electron chi connectivity index (χ0n) is 18.5. The Morgan fingerprint density at radius 3 is 2.48 bits per heavy atom. The van der Waals surface area contributed by atoms with E-state index in [1.807, 2.05) is 0 Å². The summed E-state index contributed by atoms with van der Waals surface area (Å²) in [5.74, 6) is -0.239. The molecule has 10 heteroatoms. The number of methoxy groups -OCH3 is 1. The van der Waals surface area contributed by atoms with Crippen LogP contribution in [0.25, 0.3) is 0 Å². The highest BCUT2D eigenvalue weighted by molar-refractivity contribution is 7.89. The summed E-state index contributed by atoms with van der Waals surface area (Å²) in [6.07, 6.45) is 1.58. The van der Waals surface area contributed by atoms with E-state index in [1.54, 1.807) is 56.4 Å². The van der Waals surface area contributed by atoms with Gasteiger partial charge in [-0.2, -0.15) is 0 Å². The average Bonchev–Trinajstić information content (AvgIpc) is 2.78. The Bertz CT molecular complexity index is 1240. The molecule has 1 atom stereocenters. The van der Waals surface area contributed by atoms with E-state index in [2.05, 4.69) is 0 Å². The summed E-state index contributed by atoms with van der Waals surface area (Å²) < 4.78 is 33.9. The number of aryl methyl sites for hydroxylation is 1. The molecule has 33 heavy (non-hydrogen) atoms. The van der Waals surface area contributed by atoms with E-state index in [-0.39, 0.29) is 47.7 Å². The molecule has 4 rings (SSSR count). The van der Waals surface area contributed by atoms with Gasteiger partial charge in [-0.05, 0) is 42.3 Å². The quantitative estimate of drug-likeness (QED) is 0.644. The van der Waals surface area contributed by atoms with Crippen LogP contribution in [0.15, 0.2) is 59.4 Å². The van der Waals surface area contributed by atoms with Gasteiger partial charge in [-0.3, -0.25) is 14.5 Å². The maximum absolute atomic E-state index is 13.7. The molecular weight excluding hydrogens is 466 g/mol. The van der Waals surface area contributed by atoms with Gasteiger partial charge in [0.25, 0.3) is 10.0 Å². The van der Waals surface area contributed by atoms with E-state index in [0.717, 1.165) is 11.1 Å². The van der Waals surface area contributed by atoms with Crippen LogP contribution in [0.4, 0.5) is 0 Å². The lowest BCUT2D eigenvalue weighted by Crippen LogP contribution is -2.60. The predicted octanol–water partition coefficient (Wildman–Crippen LogP) is 2.76. The first kappa shape index (κ1) is 23.1. The number of sulfonamides is 1. The highest BCUT2D eigenvalue weighted by Gasteiger charge is 2.46. The lowest BCUT2D eigenvalue weighted by Gasteiger charge is -2.45. The van der Waals surface area contributed by atoms with E-state index >= 15 is 0 Å². The van der Waals surface area contributed by atoms with Crippen molar-refractivity contribution in [2.24, 2.45) is 0 Å². The molecule has 0 aliphatic carbocycles. The summed E-state index contributed by atoms with van der Waals surface area (Å²) >= 11 is 5.97. The molecule has 1 unspecified atom stereocenters. The molecule has 174 valence electrons.